The van der Waals surface area contributed by atoms with Gasteiger partial charge in [-0.25, -0.2) is 0 Å². The summed E-state index contributed by atoms with van der Waals surface area (Å²) < 4.78 is 5.27. The molecule has 1 saturated heterocycles. The van der Waals surface area contributed by atoms with Gasteiger partial charge in [-0.3, -0.25) is 24.6 Å². The van der Waals surface area contributed by atoms with Crippen molar-refractivity contribution < 1.29 is 24.2 Å². The van der Waals surface area contributed by atoms with Gasteiger partial charge in [0.15, 0.2) is 0 Å². The van der Waals surface area contributed by atoms with Gasteiger partial charge < -0.3 is 15.2 Å². The van der Waals surface area contributed by atoms with Crippen LogP contribution in [0, 0.1) is 5.92 Å². The SMILES string of the molecule is Br.Br.CCOC(=O)[C@H](CCCC1CCNCC1)N[C@H]1CSc2ccccc2N(CC(=O)O)C1=O. The zero-order valence-electron chi connectivity index (χ0n) is 19.4. The number of ether oxygens (including phenoxy) is 1. The molecule has 0 spiro atoms. The molecule has 1 fully saturated rings. The van der Waals surface area contributed by atoms with Crippen LogP contribution in [-0.4, -0.2) is 67.0 Å². The standard InChI is InChI=1S/C23H33N3O5S.2BrH/c1-2-31-23(30)17(7-5-6-16-10-12-24-13-11-16)25-18-15-32-20-9-4-3-8-19(20)26(22(18)29)14-21(27)28;;/h3-4,8-9,16-18,24-25H,2,5-7,10-15H2,1H3,(H,27,28);2*1H/t17-,18-;;/m0../s1. The largest absolute Gasteiger partial charge is 0.480 e. The summed E-state index contributed by atoms with van der Waals surface area (Å²) in [5.74, 6) is -0.701. The first-order valence-electron chi connectivity index (χ1n) is 11.4. The van der Waals surface area contributed by atoms with Gasteiger partial charge in [0.1, 0.15) is 12.6 Å². The molecule has 2 aliphatic rings. The number of nitrogens with zero attached hydrogens (tertiary/aromatic N) is 1. The first kappa shape index (κ1) is 30.9. The van der Waals surface area contributed by atoms with Crippen molar-refractivity contribution in [3.63, 3.8) is 0 Å². The molecule has 0 saturated carbocycles. The molecular formula is C23H35Br2N3O5S. The smallest absolute Gasteiger partial charge is 0.323 e. The van der Waals surface area contributed by atoms with E-state index in [0.29, 0.717) is 23.8 Å². The van der Waals surface area contributed by atoms with Crippen molar-refractivity contribution in [2.24, 2.45) is 5.92 Å². The number of nitrogens with one attached hydrogen (secondary N) is 2. The van der Waals surface area contributed by atoms with E-state index in [0.717, 1.165) is 43.7 Å². The third-order valence-electron chi connectivity index (χ3n) is 5.96. The number of esters is 1. The number of rotatable bonds is 10. The minimum absolute atomic E-state index is 0. The lowest BCUT2D eigenvalue weighted by Gasteiger charge is -2.27. The molecule has 0 aromatic heterocycles. The molecule has 192 valence electrons. The van der Waals surface area contributed by atoms with Crippen LogP contribution in [0.2, 0.25) is 0 Å². The van der Waals surface area contributed by atoms with Crippen molar-refractivity contribution in [3.8, 4) is 0 Å². The van der Waals surface area contributed by atoms with Crippen LogP contribution in [0.4, 0.5) is 5.69 Å². The number of fused-ring (bicyclic) bond motifs is 1. The number of carboxylic acid groups (broad SMARTS) is 1. The average molecular weight is 625 g/mol. The van der Waals surface area contributed by atoms with Gasteiger partial charge in [0.25, 0.3) is 0 Å². The Hall–Kier alpha value is -1.14. The number of carboxylic acids is 1. The zero-order chi connectivity index (χ0) is 22.9. The fraction of sp³-hybridized carbons (Fsp3) is 0.609. The second-order valence-electron chi connectivity index (χ2n) is 8.25. The Bertz CT molecular complexity index is 811. The first-order chi connectivity index (χ1) is 15.5. The number of benzene rings is 1. The van der Waals surface area contributed by atoms with Crippen molar-refractivity contribution in [2.75, 3.05) is 36.9 Å². The van der Waals surface area contributed by atoms with Crippen molar-refractivity contribution >= 4 is 69.3 Å². The molecule has 0 bridgehead atoms. The van der Waals surface area contributed by atoms with E-state index in [9.17, 15) is 19.5 Å². The van der Waals surface area contributed by atoms with Gasteiger partial charge in [-0.05, 0) is 57.3 Å². The summed E-state index contributed by atoms with van der Waals surface area (Å²) in [5.41, 5.74) is 0.591. The molecule has 11 heteroatoms. The second-order valence-corrected chi connectivity index (χ2v) is 9.31. The summed E-state index contributed by atoms with van der Waals surface area (Å²) in [4.78, 5) is 39.6. The van der Waals surface area contributed by atoms with Crippen LogP contribution < -0.4 is 15.5 Å². The number of para-hydroxylation sites is 1. The van der Waals surface area contributed by atoms with Crippen molar-refractivity contribution in [1.82, 2.24) is 10.6 Å². The molecule has 2 aliphatic heterocycles. The Labute approximate surface area is 226 Å². The predicted octanol–water partition coefficient (Wildman–Crippen LogP) is 3.43. The number of aliphatic carboxylic acids is 1. The highest BCUT2D eigenvalue weighted by molar-refractivity contribution is 8.93. The summed E-state index contributed by atoms with van der Waals surface area (Å²) in [5, 5.41) is 15.9. The van der Waals surface area contributed by atoms with Crippen LogP contribution in [0.25, 0.3) is 0 Å². The van der Waals surface area contributed by atoms with Crippen LogP contribution in [0.15, 0.2) is 29.2 Å². The fourth-order valence-electron chi connectivity index (χ4n) is 4.31. The first-order valence-corrected chi connectivity index (χ1v) is 12.4. The number of anilines is 1. The summed E-state index contributed by atoms with van der Waals surface area (Å²) in [7, 11) is 0. The molecule has 34 heavy (non-hydrogen) atoms. The Morgan fingerprint density at radius 2 is 1.97 bits per heavy atom. The summed E-state index contributed by atoms with van der Waals surface area (Å²) in [6, 6.07) is 6.02. The Kier molecular flexibility index (Phi) is 14.3. The molecule has 0 radical (unpaired) electrons. The second kappa shape index (κ2) is 15.8. The average Bonchev–Trinajstić information content (AvgIpc) is 2.91. The van der Waals surface area contributed by atoms with Crippen molar-refractivity contribution in [2.45, 2.75) is 56.0 Å². The van der Waals surface area contributed by atoms with Gasteiger partial charge in [0.05, 0.1) is 18.3 Å². The molecule has 0 unspecified atom stereocenters. The minimum Gasteiger partial charge on any atom is -0.480 e. The van der Waals surface area contributed by atoms with E-state index in [2.05, 4.69) is 10.6 Å². The number of halogens is 2. The topological polar surface area (TPSA) is 108 Å². The fourth-order valence-corrected chi connectivity index (χ4v) is 5.39. The number of carbonyl (C=O) groups excluding carboxylic acids is 2. The molecule has 0 aliphatic carbocycles. The maximum atomic E-state index is 13.3. The molecule has 3 N–H and O–H groups in total. The van der Waals surface area contributed by atoms with Crippen LogP contribution in [0.5, 0.6) is 0 Å². The molecule has 2 atom stereocenters. The Morgan fingerprint density at radius 1 is 1.26 bits per heavy atom. The summed E-state index contributed by atoms with van der Waals surface area (Å²) >= 11 is 1.49. The number of hydrogen-bond donors (Lipinski definition) is 3. The Morgan fingerprint density at radius 3 is 2.65 bits per heavy atom. The number of hydrogen-bond acceptors (Lipinski definition) is 7. The van der Waals surface area contributed by atoms with Gasteiger partial charge in [-0.15, -0.1) is 45.7 Å². The Balaban J connectivity index is 0.00000289. The lowest BCUT2D eigenvalue weighted by molar-refractivity contribution is -0.146. The number of thioether (sulfide) groups is 1. The monoisotopic (exact) mass is 623 g/mol. The zero-order valence-corrected chi connectivity index (χ0v) is 23.6. The highest BCUT2D eigenvalue weighted by Gasteiger charge is 2.35. The lowest BCUT2D eigenvalue weighted by atomic mass is 9.91. The van der Waals surface area contributed by atoms with E-state index in [1.54, 1.807) is 19.1 Å². The summed E-state index contributed by atoms with van der Waals surface area (Å²) in [6.07, 6.45) is 4.80. The maximum absolute atomic E-state index is 13.3. The van der Waals surface area contributed by atoms with Gasteiger partial charge in [-0.1, -0.05) is 25.0 Å². The molecule has 8 nitrogen and oxygen atoms in total. The third-order valence-corrected chi connectivity index (χ3v) is 7.11. The van der Waals surface area contributed by atoms with Crippen LogP contribution in [-0.2, 0) is 19.1 Å². The third kappa shape index (κ3) is 8.82. The molecule has 1 aromatic rings. The molecule has 3 rings (SSSR count). The van der Waals surface area contributed by atoms with Gasteiger partial charge in [0, 0.05) is 10.6 Å². The highest BCUT2D eigenvalue weighted by atomic mass is 79.9. The molecule has 1 aromatic carbocycles. The van der Waals surface area contributed by atoms with E-state index in [4.69, 9.17) is 4.74 Å². The van der Waals surface area contributed by atoms with E-state index >= 15 is 0 Å². The highest BCUT2D eigenvalue weighted by Crippen LogP contribution is 2.34. The normalized spacial score (nSPS) is 19.1. The number of piperidine rings is 1. The van der Waals surface area contributed by atoms with Crippen molar-refractivity contribution in [3.05, 3.63) is 24.3 Å². The van der Waals surface area contributed by atoms with Crippen LogP contribution in [0.1, 0.15) is 39.0 Å². The molecule has 1 amide bonds. The maximum Gasteiger partial charge on any atom is 0.323 e. The van der Waals surface area contributed by atoms with Gasteiger partial charge in [0.2, 0.25) is 5.91 Å². The number of amides is 1. The lowest BCUT2D eigenvalue weighted by Crippen LogP contribution is -2.54. The molecular weight excluding hydrogens is 590 g/mol. The van der Waals surface area contributed by atoms with E-state index in [1.807, 2.05) is 12.1 Å². The van der Waals surface area contributed by atoms with E-state index in [1.165, 1.54) is 16.7 Å². The van der Waals surface area contributed by atoms with E-state index in [-0.39, 0.29) is 52.4 Å². The van der Waals surface area contributed by atoms with Crippen LogP contribution in [0.3, 0.4) is 0 Å². The van der Waals surface area contributed by atoms with Crippen molar-refractivity contribution in [1.29, 1.82) is 0 Å². The quantitative estimate of drug-likeness (QED) is 0.340. The summed E-state index contributed by atoms with van der Waals surface area (Å²) in [6.45, 7) is 3.70. The predicted molar refractivity (Wildman–Crippen MR) is 145 cm³/mol. The van der Waals surface area contributed by atoms with Gasteiger partial charge >= 0.3 is 11.9 Å². The molecule has 2 heterocycles. The van der Waals surface area contributed by atoms with Crippen LogP contribution >= 0.6 is 45.7 Å². The van der Waals surface area contributed by atoms with Gasteiger partial charge in [-0.2, -0.15) is 0 Å². The minimum atomic E-state index is -1.08. The number of carbonyl (C=O) groups is 3. The van der Waals surface area contributed by atoms with E-state index < -0.39 is 24.6 Å².